The number of aromatic amines is 1. The van der Waals surface area contributed by atoms with Crippen molar-refractivity contribution in [1.82, 2.24) is 14.9 Å². The number of imidazole rings is 1. The Bertz CT molecular complexity index is 878. The molecule has 29 heavy (non-hydrogen) atoms. The molecule has 2 aromatic carbocycles. The van der Waals surface area contributed by atoms with Crippen molar-refractivity contribution in [3.05, 3.63) is 77.9 Å². The lowest BCUT2D eigenvalue weighted by atomic mass is 9.94. The van der Waals surface area contributed by atoms with Crippen LogP contribution < -0.4 is 4.90 Å². The summed E-state index contributed by atoms with van der Waals surface area (Å²) in [5.74, 6) is 0.651. The molecule has 0 spiro atoms. The fraction of sp³-hybridized carbons (Fsp3) is 0.400. The summed E-state index contributed by atoms with van der Waals surface area (Å²) in [6.45, 7) is 4.64. The Morgan fingerprint density at radius 1 is 0.862 bits per heavy atom. The maximum atomic E-state index is 4.19. The topological polar surface area (TPSA) is 35.2 Å². The molecule has 1 aromatic heterocycles. The van der Waals surface area contributed by atoms with Gasteiger partial charge in [-0.1, -0.05) is 36.4 Å². The molecule has 0 atom stereocenters. The van der Waals surface area contributed by atoms with Crippen LogP contribution in [0.4, 0.5) is 11.4 Å². The average Bonchev–Trinajstić information content (AvgIpc) is 3.26. The maximum Gasteiger partial charge on any atom is 0.0921 e. The van der Waals surface area contributed by atoms with Crippen molar-refractivity contribution in [2.75, 3.05) is 31.1 Å². The highest BCUT2D eigenvalue weighted by atomic mass is 15.2. The number of aromatic nitrogens is 2. The number of anilines is 2. The largest absolute Gasteiger partial charge is 0.348 e. The van der Waals surface area contributed by atoms with Gasteiger partial charge in [-0.15, -0.1) is 0 Å². The molecule has 1 fully saturated rings. The number of nitrogens with zero attached hydrogens (tertiary/aromatic N) is 3. The molecular formula is C25H30N4. The molecule has 1 saturated heterocycles. The van der Waals surface area contributed by atoms with E-state index in [4.69, 9.17) is 0 Å². The van der Waals surface area contributed by atoms with Gasteiger partial charge in [0.15, 0.2) is 0 Å². The number of aryl methyl sites for hydroxylation is 2. The molecule has 4 nitrogen and oxygen atoms in total. The van der Waals surface area contributed by atoms with Gasteiger partial charge in [0.05, 0.1) is 6.33 Å². The number of hydrogen-bond acceptors (Lipinski definition) is 3. The second-order valence-electron chi connectivity index (χ2n) is 8.39. The van der Waals surface area contributed by atoms with Gasteiger partial charge in [0, 0.05) is 35.7 Å². The van der Waals surface area contributed by atoms with E-state index >= 15 is 0 Å². The third-order valence-electron chi connectivity index (χ3n) is 6.63. The first-order valence-corrected chi connectivity index (χ1v) is 11.0. The SMILES string of the molecule is c1ccc2c(c1)CCc1ccccc1N2CCCN1CCC(c2cnc[nH]2)CC1. The summed E-state index contributed by atoms with van der Waals surface area (Å²) in [7, 11) is 0. The standard InChI is InChI=1S/C25H30N4/c1-3-8-24-21(6-1)10-11-22-7-2-4-9-25(22)29(24)15-5-14-28-16-12-20(13-17-28)23-18-26-19-27-23/h1-4,6-9,18-20H,5,10-17H2,(H,26,27). The number of para-hydroxylation sites is 2. The van der Waals surface area contributed by atoms with Crippen molar-refractivity contribution in [1.29, 1.82) is 0 Å². The third kappa shape index (κ3) is 3.95. The lowest BCUT2D eigenvalue weighted by Gasteiger charge is -2.33. The van der Waals surface area contributed by atoms with Gasteiger partial charge in [-0.25, -0.2) is 4.98 Å². The van der Waals surface area contributed by atoms with Crippen molar-refractivity contribution in [3.8, 4) is 0 Å². The van der Waals surface area contributed by atoms with E-state index in [1.54, 1.807) is 6.33 Å². The van der Waals surface area contributed by atoms with E-state index in [0.29, 0.717) is 5.92 Å². The first-order chi connectivity index (χ1) is 14.4. The zero-order valence-corrected chi connectivity index (χ0v) is 17.1. The molecule has 0 unspecified atom stereocenters. The quantitative estimate of drug-likeness (QED) is 0.676. The number of piperidine rings is 1. The molecule has 0 bridgehead atoms. The van der Waals surface area contributed by atoms with Gasteiger partial charge in [0.2, 0.25) is 0 Å². The maximum absolute atomic E-state index is 4.19. The summed E-state index contributed by atoms with van der Waals surface area (Å²) < 4.78 is 0. The van der Waals surface area contributed by atoms with Crippen LogP contribution in [0.3, 0.4) is 0 Å². The van der Waals surface area contributed by atoms with E-state index in [2.05, 4.69) is 68.3 Å². The predicted molar refractivity (Wildman–Crippen MR) is 119 cm³/mol. The zero-order valence-electron chi connectivity index (χ0n) is 17.1. The van der Waals surface area contributed by atoms with E-state index in [9.17, 15) is 0 Å². The number of rotatable bonds is 5. The molecule has 4 heteroatoms. The van der Waals surface area contributed by atoms with Gasteiger partial charge in [-0.3, -0.25) is 0 Å². The normalized spacial score (nSPS) is 17.6. The molecular weight excluding hydrogens is 356 g/mol. The Labute approximate surface area is 173 Å². The highest BCUT2D eigenvalue weighted by molar-refractivity contribution is 5.71. The van der Waals surface area contributed by atoms with Crippen LogP contribution in [0.5, 0.6) is 0 Å². The fourth-order valence-electron chi connectivity index (χ4n) is 5.02. The Morgan fingerprint density at radius 3 is 2.14 bits per heavy atom. The summed E-state index contributed by atoms with van der Waals surface area (Å²) in [6.07, 6.45) is 9.72. The van der Waals surface area contributed by atoms with Gasteiger partial charge < -0.3 is 14.8 Å². The van der Waals surface area contributed by atoms with E-state index in [-0.39, 0.29) is 0 Å². The van der Waals surface area contributed by atoms with E-state index in [1.807, 2.05) is 6.20 Å². The minimum absolute atomic E-state index is 0.651. The van der Waals surface area contributed by atoms with Crippen LogP contribution in [0.25, 0.3) is 0 Å². The second kappa shape index (κ2) is 8.42. The molecule has 0 saturated carbocycles. The third-order valence-corrected chi connectivity index (χ3v) is 6.63. The van der Waals surface area contributed by atoms with Crippen LogP contribution in [0.2, 0.25) is 0 Å². The number of fused-ring (bicyclic) bond motifs is 2. The molecule has 150 valence electrons. The summed E-state index contributed by atoms with van der Waals surface area (Å²) in [5.41, 5.74) is 7.06. The van der Waals surface area contributed by atoms with Crippen LogP contribution in [-0.4, -0.2) is 41.0 Å². The van der Waals surface area contributed by atoms with Gasteiger partial charge in [0.1, 0.15) is 0 Å². The molecule has 0 radical (unpaired) electrons. The number of likely N-dealkylation sites (tertiary alicyclic amines) is 1. The van der Waals surface area contributed by atoms with Crippen LogP contribution >= 0.6 is 0 Å². The molecule has 2 aliphatic heterocycles. The van der Waals surface area contributed by atoms with Crippen molar-refractivity contribution in [3.63, 3.8) is 0 Å². The van der Waals surface area contributed by atoms with E-state index in [1.165, 1.54) is 67.1 Å². The molecule has 3 aromatic rings. The lowest BCUT2D eigenvalue weighted by Crippen LogP contribution is -2.35. The smallest absolute Gasteiger partial charge is 0.0921 e. The Morgan fingerprint density at radius 2 is 1.52 bits per heavy atom. The fourth-order valence-corrected chi connectivity index (χ4v) is 5.02. The van der Waals surface area contributed by atoms with Crippen molar-refractivity contribution in [2.24, 2.45) is 0 Å². The zero-order chi connectivity index (χ0) is 19.5. The average molecular weight is 387 g/mol. The minimum Gasteiger partial charge on any atom is -0.348 e. The Hall–Kier alpha value is -2.59. The first-order valence-electron chi connectivity index (χ1n) is 11.0. The molecule has 1 N–H and O–H groups in total. The van der Waals surface area contributed by atoms with Crippen molar-refractivity contribution >= 4 is 11.4 Å². The van der Waals surface area contributed by atoms with E-state index in [0.717, 1.165) is 19.4 Å². The van der Waals surface area contributed by atoms with Crippen LogP contribution in [-0.2, 0) is 12.8 Å². The summed E-state index contributed by atoms with van der Waals surface area (Å²) in [4.78, 5) is 12.7. The van der Waals surface area contributed by atoms with Crippen molar-refractivity contribution < 1.29 is 0 Å². The van der Waals surface area contributed by atoms with Crippen LogP contribution in [0.15, 0.2) is 61.1 Å². The number of H-pyrrole nitrogens is 1. The van der Waals surface area contributed by atoms with E-state index < -0.39 is 0 Å². The lowest BCUT2D eigenvalue weighted by molar-refractivity contribution is 0.210. The second-order valence-corrected chi connectivity index (χ2v) is 8.39. The summed E-state index contributed by atoms with van der Waals surface area (Å²) in [5, 5.41) is 0. The monoisotopic (exact) mass is 386 g/mol. The molecule has 3 heterocycles. The van der Waals surface area contributed by atoms with Crippen LogP contribution in [0, 0.1) is 0 Å². The number of benzene rings is 2. The first kappa shape index (κ1) is 18.4. The number of hydrogen-bond donors (Lipinski definition) is 1. The predicted octanol–water partition coefficient (Wildman–Crippen LogP) is 4.92. The number of nitrogens with one attached hydrogen (secondary N) is 1. The molecule has 2 aliphatic rings. The van der Waals surface area contributed by atoms with Crippen LogP contribution in [0.1, 0.15) is 42.0 Å². The molecule has 5 rings (SSSR count). The van der Waals surface area contributed by atoms with Crippen molar-refractivity contribution in [2.45, 2.75) is 38.0 Å². The van der Waals surface area contributed by atoms with Gasteiger partial charge >= 0.3 is 0 Å². The highest BCUT2D eigenvalue weighted by Gasteiger charge is 2.23. The van der Waals surface area contributed by atoms with Gasteiger partial charge in [-0.05, 0) is 75.0 Å². The minimum atomic E-state index is 0.651. The molecule has 0 aliphatic carbocycles. The molecule has 0 amide bonds. The summed E-state index contributed by atoms with van der Waals surface area (Å²) in [6, 6.07) is 17.9. The highest BCUT2D eigenvalue weighted by Crippen LogP contribution is 2.36. The Kier molecular flexibility index (Phi) is 5.35. The van der Waals surface area contributed by atoms with Gasteiger partial charge in [0.25, 0.3) is 0 Å². The summed E-state index contributed by atoms with van der Waals surface area (Å²) >= 11 is 0. The van der Waals surface area contributed by atoms with Gasteiger partial charge in [-0.2, -0.15) is 0 Å². The Balaban J connectivity index is 1.23.